The van der Waals surface area contributed by atoms with Crippen LogP contribution in [0.1, 0.15) is 58.6 Å². The van der Waals surface area contributed by atoms with E-state index in [1.165, 1.54) is 0 Å². The van der Waals surface area contributed by atoms with Crippen molar-refractivity contribution in [2.24, 2.45) is 0 Å². The lowest BCUT2D eigenvalue weighted by Gasteiger charge is -2.37. The van der Waals surface area contributed by atoms with Crippen LogP contribution in [-0.2, 0) is 29.7 Å². The van der Waals surface area contributed by atoms with E-state index < -0.39 is 5.41 Å². The number of fused-ring (bicyclic) bond motifs is 1. The molecule has 2 aromatic carbocycles. The molecule has 36 heavy (non-hydrogen) atoms. The molecule has 0 unspecified atom stereocenters. The molecule has 1 saturated carbocycles. The molecule has 0 spiro atoms. The lowest BCUT2D eigenvalue weighted by Crippen LogP contribution is -2.47. The Kier molecular flexibility index (Phi) is 6.56. The van der Waals surface area contributed by atoms with E-state index >= 15 is 0 Å². The Balaban J connectivity index is 1.48. The third-order valence-electron chi connectivity index (χ3n) is 7.71. The van der Waals surface area contributed by atoms with Crippen LogP contribution in [0, 0.1) is 0 Å². The minimum atomic E-state index is -0.518. The van der Waals surface area contributed by atoms with Crippen molar-refractivity contribution >= 4 is 11.8 Å². The van der Waals surface area contributed by atoms with E-state index in [-0.39, 0.29) is 11.8 Å². The van der Waals surface area contributed by atoms with Gasteiger partial charge in [0.1, 0.15) is 5.75 Å². The topological polar surface area (TPSA) is 67.7 Å². The highest BCUT2D eigenvalue weighted by Crippen LogP contribution is 2.44. The minimum Gasteiger partial charge on any atom is -0.497 e. The van der Waals surface area contributed by atoms with Gasteiger partial charge in [-0.2, -0.15) is 5.10 Å². The van der Waals surface area contributed by atoms with Crippen molar-refractivity contribution in [3.05, 3.63) is 82.7 Å². The minimum absolute atomic E-state index is 0.127. The molecule has 1 aliphatic carbocycles. The number of methoxy groups -OCH3 is 1. The second kappa shape index (κ2) is 9.80. The molecule has 0 saturated heterocycles. The number of rotatable bonds is 6. The van der Waals surface area contributed by atoms with Crippen molar-refractivity contribution in [3.8, 4) is 5.75 Å². The summed E-state index contributed by atoms with van der Waals surface area (Å²) in [5, 5.41) is 4.77. The highest BCUT2D eigenvalue weighted by atomic mass is 16.5. The number of nitrogens with zero attached hydrogens (tertiary/aromatic N) is 4. The molecule has 2 aliphatic rings. The molecule has 0 radical (unpaired) electrons. The van der Waals surface area contributed by atoms with Crippen LogP contribution in [0.3, 0.4) is 0 Å². The summed E-state index contributed by atoms with van der Waals surface area (Å²) >= 11 is 0. The van der Waals surface area contributed by atoms with Gasteiger partial charge in [-0.1, -0.05) is 55.3 Å². The number of carbonyl (C=O) groups excluding carboxylic acids is 2. The predicted molar refractivity (Wildman–Crippen MR) is 138 cm³/mol. The quantitative estimate of drug-likeness (QED) is 0.528. The van der Waals surface area contributed by atoms with E-state index in [1.54, 1.807) is 26.1 Å². The van der Waals surface area contributed by atoms with Crippen LogP contribution in [0.5, 0.6) is 5.75 Å². The number of amides is 2. The second-order valence-electron chi connectivity index (χ2n) is 10.1. The van der Waals surface area contributed by atoms with Gasteiger partial charge in [0, 0.05) is 44.9 Å². The fourth-order valence-electron chi connectivity index (χ4n) is 5.75. The average molecular weight is 487 g/mol. The first-order valence-electron chi connectivity index (χ1n) is 12.7. The maximum atomic E-state index is 14.2. The summed E-state index contributed by atoms with van der Waals surface area (Å²) in [5.41, 5.74) is 4.06. The van der Waals surface area contributed by atoms with Gasteiger partial charge in [-0.25, -0.2) is 0 Å². The number of ether oxygens (including phenoxy) is 1. The normalized spacial score (nSPS) is 16.5. The van der Waals surface area contributed by atoms with Crippen LogP contribution in [0.4, 0.5) is 0 Å². The van der Waals surface area contributed by atoms with Gasteiger partial charge < -0.3 is 14.5 Å². The molecular formula is C29H34N4O3. The van der Waals surface area contributed by atoms with Crippen LogP contribution >= 0.6 is 0 Å². The van der Waals surface area contributed by atoms with Gasteiger partial charge >= 0.3 is 0 Å². The van der Waals surface area contributed by atoms with E-state index in [4.69, 9.17) is 9.84 Å². The fourth-order valence-corrected chi connectivity index (χ4v) is 5.75. The molecule has 0 atom stereocenters. The number of hydrogen-bond donors (Lipinski definition) is 0. The SMILES string of the molecule is COc1ccc(C2(C(=O)N3CCc4c(c(C(=O)N(C)C)nn4Cc4ccccc4)C3)CCCC2)cc1. The first-order valence-corrected chi connectivity index (χ1v) is 12.7. The summed E-state index contributed by atoms with van der Waals surface area (Å²) in [7, 11) is 5.14. The molecule has 7 nitrogen and oxygen atoms in total. The number of aromatic nitrogens is 2. The van der Waals surface area contributed by atoms with E-state index in [0.717, 1.165) is 53.8 Å². The monoisotopic (exact) mass is 486 g/mol. The molecule has 2 amide bonds. The van der Waals surface area contributed by atoms with Gasteiger partial charge in [0.15, 0.2) is 5.69 Å². The van der Waals surface area contributed by atoms with E-state index in [0.29, 0.717) is 31.7 Å². The fraction of sp³-hybridized carbons (Fsp3) is 0.414. The Bertz CT molecular complexity index is 1240. The van der Waals surface area contributed by atoms with Crippen molar-refractivity contribution in [3.63, 3.8) is 0 Å². The maximum absolute atomic E-state index is 14.2. The van der Waals surface area contributed by atoms with E-state index in [2.05, 4.69) is 12.1 Å². The van der Waals surface area contributed by atoms with Crippen LogP contribution in [0.2, 0.25) is 0 Å². The van der Waals surface area contributed by atoms with Crippen molar-refractivity contribution in [2.75, 3.05) is 27.7 Å². The molecule has 0 N–H and O–H groups in total. The highest BCUT2D eigenvalue weighted by molar-refractivity contribution is 5.94. The molecular weight excluding hydrogens is 452 g/mol. The van der Waals surface area contributed by atoms with Gasteiger partial charge in [-0.05, 0) is 36.1 Å². The second-order valence-corrected chi connectivity index (χ2v) is 10.1. The number of benzene rings is 2. The Morgan fingerprint density at radius 2 is 1.72 bits per heavy atom. The Morgan fingerprint density at radius 1 is 1.03 bits per heavy atom. The number of carbonyl (C=O) groups is 2. The molecule has 3 aromatic rings. The summed E-state index contributed by atoms with van der Waals surface area (Å²) in [6.07, 6.45) is 4.45. The first-order chi connectivity index (χ1) is 17.4. The largest absolute Gasteiger partial charge is 0.497 e. The smallest absolute Gasteiger partial charge is 0.274 e. The maximum Gasteiger partial charge on any atom is 0.274 e. The Hall–Kier alpha value is -3.61. The molecule has 1 fully saturated rings. The molecule has 1 aromatic heterocycles. The summed E-state index contributed by atoms with van der Waals surface area (Å²) in [6.45, 7) is 1.64. The van der Waals surface area contributed by atoms with Gasteiger partial charge in [-0.3, -0.25) is 14.3 Å². The van der Waals surface area contributed by atoms with Gasteiger partial charge in [-0.15, -0.1) is 0 Å². The zero-order valence-corrected chi connectivity index (χ0v) is 21.4. The molecule has 1 aliphatic heterocycles. The third kappa shape index (κ3) is 4.27. The zero-order chi connectivity index (χ0) is 25.3. The molecule has 188 valence electrons. The van der Waals surface area contributed by atoms with Crippen molar-refractivity contribution in [1.82, 2.24) is 19.6 Å². The van der Waals surface area contributed by atoms with Crippen molar-refractivity contribution < 1.29 is 14.3 Å². The summed E-state index contributed by atoms with van der Waals surface area (Å²) in [6, 6.07) is 18.1. The number of hydrogen-bond acceptors (Lipinski definition) is 4. The van der Waals surface area contributed by atoms with E-state index in [9.17, 15) is 9.59 Å². The third-order valence-corrected chi connectivity index (χ3v) is 7.71. The van der Waals surface area contributed by atoms with Gasteiger partial charge in [0.2, 0.25) is 5.91 Å². The summed E-state index contributed by atoms with van der Waals surface area (Å²) in [5.74, 6) is 0.826. The lowest BCUT2D eigenvalue weighted by molar-refractivity contribution is -0.138. The first kappa shape index (κ1) is 24.1. The van der Waals surface area contributed by atoms with Gasteiger partial charge in [0.05, 0.1) is 19.1 Å². The van der Waals surface area contributed by atoms with Gasteiger partial charge in [0.25, 0.3) is 5.91 Å². The molecule has 0 bridgehead atoms. The molecule has 2 heterocycles. The van der Waals surface area contributed by atoms with Crippen LogP contribution < -0.4 is 4.74 Å². The van der Waals surface area contributed by atoms with Crippen LogP contribution in [-0.4, -0.2) is 59.1 Å². The Labute approximate surface area is 212 Å². The van der Waals surface area contributed by atoms with Crippen molar-refractivity contribution in [1.29, 1.82) is 0 Å². The zero-order valence-electron chi connectivity index (χ0n) is 21.4. The molecule has 5 rings (SSSR count). The highest BCUT2D eigenvalue weighted by Gasteiger charge is 2.46. The summed E-state index contributed by atoms with van der Waals surface area (Å²) < 4.78 is 7.30. The van der Waals surface area contributed by atoms with Crippen LogP contribution in [0.15, 0.2) is 54.6 Å². The van der Waals surface area contributed by atoms with Crippen LogP contribution in [0.25, 0.3) is 0 Å². The average Bonchev–Trinajstić information content (AvgIpc) is 3.54. The lowest BCUT2D eigenvalue weighted by atomic mass is 9.77. The Morgan fingerprint density at radius 3 is 2.36 bits per heavy atom. The standard InChI is InChI=1S/C29H34N4O3/c1-31(2)27(34)26-24-20-32(18-15-25(24)33(30-26)19-21-9-5-4-6-10-21)28(35)29(16-7-8-17-29)22-11-13-23(36-3)14-12-22/h4-6,9-14H,7-8,15-20H2,1-3H3. The van der Waals surface area contributed by atoms with Crippen molar-refractivity contribution in [2.45, 2.75) is 50.6 Å². The van der Waals surface area contributed by atoms with E-state index in [1.807, 2.05) is 52.0 Å². The summed E-state index contributed by atoms with van der Waals surface area (Å²) in [4.78, 5) is 30.8. The predicted octanol–water partition coefficient (Wildman–Crippen LogP) is 4.04. The molecule has 7 heteroatoms.